The second-order valence-corrected chi connectivity index (χ2v) is 7.31. The lowest BCUT2D eigenvalue weighted by Crippen LogP contribution is -2.22. The van der Waals surface area contributed by atoms with Gasteiger partial charge in [-0.2, -0.15) is 0 Å². The molecule has 0 saturated carbocycles. The highest BCUT2D eigenvalue weighted by Gasteiger charge is 2.08. The molecule has 0 spiro atoms. The lowest BCUT2D eigenvalue weighted by atomic mass is 9.95. The summed E-state index contributed by atoms with van der Waals surface area (Å²) in [6.45, 7) is 6.00. The van der Waals surface area contributed by atoms with E-state index in [-0.39, 0.29) is 5.91 Å². The molecule has 132 valence electrons. The molecule has 0 aliphatic carbocycles. The van der Waals surface area contributed by atoms with Gasteiger partial charge in [-0.1, -0.05) is 48.5 Å². The molecule has 0 aromatic heterocycles. The molecule has 3 rings (SSSR count). The van der Waals surface area contributed by atoms with Crippen molar-refractivity contribution in [3.05, 3.63) is 78.9 Å². The van der Waals surface area contributed by atoms with Gasteiger partial charge >= 0.3 is 0 Å². The molecule has 0 fully saturated rings. The Hall–Kier alpha value is -2.52. The zero-order valence-corrected chi connectivity index (χ0v) is 15.8. The molecule has 3 aromatic carbocycles. The number of nitrogens with one attached hydrogen (secondary N) is 1. The molecule has 0 radical (unpaired) electrons. The number of hydrogen-bond acceptors (Lipinski definition) is 2. The summed E-state index contributed by atoms with van der Waals surface area (Å²) in [6.07, 6.45) is 2.73. The van der Waals surface area contributed by atoms with Crippen molar-refractivity contribution in [2.45, 2.75) is 18.2 Å². The molecule has 0 atom stereocenters. The third kappa shape index (κ3) is 4.55. The van der Waals surface area contributed by atoms with Gasteiger partial charge in [0.25, 0.3) is 0 Å². The van der Waals surface area contributed by atoms with E-state index >= 15 is 0 Å². The predicted molar refractivity (Wildman–Crippen MR) is 113 cm³/mol. The standard InChI is InChI=1S/C23H23NOS/c1-3-13-26-22-10-9-19-14-21(18-7-5-4-6-8-18)15-20(23(19)16-22)11-12-24-17(2)25/h3-10,14-16H,1,11-13H2,2H3,(H,24,25). The van der Waals surface area contributed by atoms with Gasteiger partial charge in [-0.25, -0.2) is 0 Å². The Labute approximate surface area is 159 Å². The van der Waals surface area contributed by atoms with Crippen LogP contribution in [0.5, 0.6) is 0 Å². The number of thioether (sulfide) groups is 1. The van der Waals surface area contributed by atoms with E-state index in [2.05, 4.69) is 66.5 Å². The minimum Gasteiger partial charge on any atom is -0.356 e. The molecule has 0 aliphatic heterocycles. The van der Waals surface area contributed by atoms with Crippen molar-refractivity contribution < 1.29 is 4.79 Å². The molecular weight excluding hydrogens is 338 g/mol. The van der Waals surface area contributed by atoms with Crippen LogP contribution in [0, 0.1) is 0 Å². The van der Waals surface area contributed by atoms with Crippen molar-refractivity contribution in [3.63, 3.8) is 0 Å². The van der Waals surface area contributed by atoms with Crippen molar-refractivity contribution in [2.75, 3.05) is 12.3 Å². The van der Waals surface area contributed by atoms with Gasteiger partial charge in [0.15, 0.2) is 0 Å². The van der Waals surface area contributed by atoms with Crippen LogP contribution in [0.3, 0.4) is 0 Å². The number of fused-ring (bicyclic) bond motifs is 1. The average Bonchev–Trinajstić information content (AvgIpc) is 2.66. The highest BCUT2D eigenvalue weighted by molar-refractivity contribution is 7.99. The van der Waals surface area contributed by atoms with Crippen LogP contribution < -0.4 is 5.32 Å². The number of rotatable bonds is 7. The highest BCUT2D eigenvalue weighted by atomic mass is 32.2. The summed E-state index contributed by atoms with van der Waals surface area (Å²) >= 11 is 1.79. The van der Waals surface area contributed by atoms with E-state index in [0.29, 0.717) is 6.54 Å². The minimum atomic E-state index is 0.00995. The number of hydrogen-bond donors (Lipinski definition) is 1. The number of carbonyl (C=O) groups excluding carboxylic acids is 1. The molecule has 3 heteroatoms. The monoisotopic (exact) mass is 361 g/mol. The summed E-state index contributed by atoms with van der Waals surface area (Å²) in [6, 6.07) is 21.5. The Kier molecular flexibility index (Phi) is 6.13. The van der Waals surface area contributed by atoms with Crippen LogP contribution in [-0.4, -0.2) is 18.2 Å². The van der Waals surface area contributed by atoms with Gasteiger partial charge in [-0.3, -0.25) is 4.79 Å². The molecule has 1 amide bonds. The minimum absolute atomic E-state index is 0.00995. The van der Waals surface area contributed by atoms with E-state index in [9.17, 15) is 4.79 Å². The van der Waals surface area contributed by atoms with Crippen LogP contribution in [-0.2, 0) is 11.2 Å². The van der Waals surface area contributed by atoms with Crippen LogP contribution in [0.15, 0.2) is 78.2 Å². The molecule has 0 bridgehead atoms. The van der Waals surface area contributed by atoms with Crippen LogP contribution >= 0.6 is 11.8 Å². The molecular formula is C23H23NOS. The van der Waals surface area contributed by atoms with Crippen LogP contribution in [0.2, 0.25) is 0 Å². The van der Waals surface area contributed by atoms with E-state index in [1.807, 2.05) is 12.1 Å². The summed E-state index contributed by atoms with van der Waals surface area (Å²) in [5.41, 5.74) is 3.68. The molecule has 0 saturated heterocycles. The van der Waals surface area contributed by atoms with E-state index < -0.39 is 0 Å². The van der Waals surface area contributed by atoms with Crippen molar-refractivity contribution in [1.82, 2.24) is 5.32 Å². The Morgan fingerprint density at radius 1 is 1.08 bits per heavy atom. The second kappa shape index (κ2) is 8.72. The smallest absolute Gasteiger partial charge is 0.216 e. The number of carbonyl (C=O) groups is 1. The van der Waals surface area contributed by atoms with Gasteiger partial charge in [-0.15, -0.1) is 18.3 Å². The predicted octanol–water partition coefficient (Wildman–Crippen LogP) is 5.46. The van der Waals surface area contributed by atoms with Crippen molar-refractivity contribution >= 4 is 28.4 Å². The van der Waals surface area contributed by atoms with Gasteiger partial charge in [0, 0.05) is 24.1 Å². The van der Waals surface area contributed by atoms with Gasteiger partial charge in [0.05, 0.1) is 0 Å². The maximum Gasteiger partial charge on any atom is 0.216 e. The number of amides is 1. The molecule has 0 unspecified atom stereocenters. The fourth-order valence-corrected chi connectivity index (χ4v) is 3.71. The summed E-state index contributed by atoms with van der Waals surface area (Å²) in [5.74, 6) is 0.908. The Balaban J connectivity index is 2.03. The first-order valence-electron chi connectivity index (χ1n) is 8.77. The Morgan fingerprint density at radius 3 is 2.62 bits per heavy atom. The van der Waals surface area contributed by atoms with E-state index in [1.165, 1.54) is 32.4 Å². The topological polar surface area (TPSA) is 29.1 Å². The van der Waals surface area contributed by atoms with Crippen molar-refractivity contribution in [2.24, 2.45) is 0 Å². The van der Waals surface area contributed by atoms with Crippen LogP contribution in [0.4, 0.5) is 0 Å². The number of benzene rings is 3. The third-order valence-electron chi connectivity index (χ3n) is 4.25. The maximum absolute atomic E-state index is 11.2. The quantitative estimate of drug-likeness (QED) is 0.447. The second-order valence-electron chi connectivity index (χ2n) is 6.22. The summed E-state index contributed by atoms with van der Waals surface area (Å²) in [4.78, 5) is 12.5. The first-order valence-corrected chi connectivity index (χ1v) is 9.76. The highest BCUT2D eigenvalue weighted by Crippen LogP contribution is 2.31. The maximum atomic E-state index is 11.2. The summed E-state index contributed by atoms with van der Waals surface area (Å²) in [7, 11) is 0. The fraction of sp³-hybridized carbons (Fsp3) is 0.174. The first-order chi connectivity index (χ1) is 12.7. The van der Waals surface area contributed by atoms with Crippen LogP contribution in [0.1, 0.15) is 12.5 Å². The Bertz CT molecular complexity index is 918. The lowest BCUT2D eigenvalue weighted by molar-refractivity contribution is -0.118. The first kappa shape index (κ1) is 18.3. The van der Waals surface area contributed by atoms with Gasteiger partial charge < -0.3 is 5.32 Å². The molecule has 1 N–H and O–H groups in total. The largest absolute Gasteiger partial charge is 0.356 e. The van der Waals surface area contributed by atoms with Crippen LogP contribution in [0.25, 0.3) is 21.9 Å². The van der Waals surface area contributed by atoms with E-state index in [0.717, 1.165) is 12.2 Å². The van der Waals surface area contributed by atoms with Gasteiger partial charge in [0.2, 0.25) is 5.91 Å². The summed E-state index contributed by atoms with van der Waals surface area (Å²) < 4.78 is 0. The third-order valence-corrected chi connectivity index (χ3v) is 5.24. The zero-order valence-electron chi connectivity index (χ0n) is 15.0. The normalized spacial score (nSPS) is 10.7. The molecule has 0 aliphatic rings. The molecule has 26 heavy (non-hydrogen) atoms. The molecule has 2 nitrogen and oxygen atoms in total. The SMILES string of the molecule is C=CCSc1ccc2cc(-c3ccccc3)cc(CCNC(C)=O)c2c1. The lowest BCUT2D eigenvalue weighted by Gasteiger charge is -2.12. The van der Waals surface area contributed by atoms with Gasteiger partial charge in [0.1, 0.15) is 0 Å². The van der Waals surface area contributed by atoms with Crippen molar-refractivity contribution in [3.8, 4) is 11.1 Å². The zero-order chi connectivity index (χ0) is 18.4. The van der Waals surface area contributed by atoms with E-state index in [1.54, 1.807) is 18.7 Å². The van der Waals surface area contributed by atoms with E-state index in [4.69, 9.17) is 0 Å². The Morgan fingerprint density at radius 2 is 1.88 bits per heavy atom. The van der Waals surface area contributed by atoms with Crippen molar-refractivity contribution in [1.29, 1.82) is 0 Å². The summed E-state index contributed by atoms with van der Waals surface area (Å²) in [5, 5.41) is 5.39. The average molecular weight is 362 g/mol. The fourth-order valence-electron chi connectivity index (χ4n) is 3.04. The molecule has 0 heterocycles. The van der Waals surface area contributed by atoms with Gasteiger partial charge in [-0.05, 0) is 52.1 Å². The molecule has 3 aromatic rings.